The number of carbonyl (C=O) groups excluding carboxylic acids is 1. The van der Waals surface area contributed by atoms with E-state index in [1.54, 1.807) is 11.8 Å². The number of amides is 1. The average Bonchev–Trinajstić information content (AvgIpc) is 2.66. The van der Waals surface area contributed by atoms with Crippen LogP contribution in [0.2, 0.25) is 0 Å². The Balaban J connectivity index is 1.41. The maximum Gasteiger partial charge on any atom is 0.251 e. The van der Waals surface area contributed by atoms with Crippen LogP contribution in [0.5, 0.6) is 0 Å². The Kier molecular flexibility index (Phi) is 7.15. The fourth-order valence-electron chi connectivity index (χ4n) is 3.40. The Morgan fingerprint density at radius 2 is 1.92 bits per heavy atom. The number of thioether (sulfide) groups is 1. The minimum atomic E-state index is 0.0109. The summed E-state index contributed by atoms with van der Waals surface area (Å²) in [5.41, 5.74) is 2.03. The molecule has 26 heavy (non-hydrogen) atoms. The van der Waals surface area contributed by atoms with E-state index in [9.17, 15) is 4.79 Å². The first-order valence-corrected chi connectivity index (χ1v) is 10.5. The van der Waals surface area contributed by atoms with Gasteiger partial charge in [0, 0.05) is 35.8 Å². The second-order valence-corrected chi connectivity index (χ2v) is 8.27. The third-order valence-corrected chi connectivity index (χ3v) is 5.78. The van der Waals surface area contributed by atoms with Gasteiger partial charge in [-0.25, -0.2) is 0 Å². The predicted octanol–water partition coefficient (Wildman–Crippen LogP) is 4.44. The normalized spacial score (nSPS) is 17.8. The van der Waals surface area contributed by atoms with Crippen molar-refractivity contribution in [3.05, 3.63) is 65.7 Å². The number of benzene rings is 2. The first kappa shape index (κ1) is 19.0. The highest BCUT2D eigenvalue weighted by molar-refractivity contribution is 7.99. The lowest BCUT2D eigenvalue weighted by atomic mass is 9.99. The van der Waals surface area contributed by atoms with Crippen LogP contribution in [-0.4, -0.2) is 36.2 Å². The highest BCUT2D eigenvalue weighted by Crippen LogP contribution is 2.18. The van der Waals surface area contributed by atoms with Crippen LogP contribution in [0.15, 0.2) is 59.5 Å². The van der Waals surface area contributed by atoms with Crippen LogP contribution in [-0.2, 0) is 6.54 Å². The number of nitrogens with one attached hydrogen (secondary N) is 1. The van der Waals surface area contributed by atoms with E-state index in [2.05, 4.69) is 41.4 Å². The van der Waals surface area contributed by atoms with Gasteiger partial charge in [-0.3, -0.25) is 9.69 Å². The van der Waals surface area contributed by atoms with Gasteiger partial charge in [-0.2, -0.15) is 0 Å². The molecule has 0 aliphatic carbocycles. The summed E-state index contributed by atoms with van der Waals surface area (Å²) in [6.07, 6.45) is 2.64. The molecule has 3 nitrogen and oxygen atoms in total. The Bertz CT molecular complexity index is 687. The van der Waals surface area contributed by atoms with Crippen molar-refractivity contribution in [2.24, 2.45) is 5.92 Å². The summed E-state index contributed by atoms with van der Waals surface area (Å²) in [6.45, 7) is 6.36. The maximum absolute atomic E-state index is 12.3. The molecule has 1 fully saturated rings. The molecule has 3 rings (SSSR count). The van der Waals surface area contributed by atoms with E-state index in [0.29, 0.717) is 6.54 Å². The fourth-order valence-corrected chi connectivity index (χ4v) is 4.19. The quantitative estimate of drug-likeness (QED) is 0.579. The molecule has 1 unspecified atom stereocenters. The highest BCUT2D eigenvalue weighted by atomic mass is 32.2. The predicted molar refractivity (Wildman–Crippen MR) is 110 cm³/mol. The Morgan fingerprint density at radius 3 is 2.65 bits per heavy atom. The van der Waals surface area contributed by atoms with Gasteiger partial charge in [-0.15, -0.1) is 11.8 Å². The van der Waals surface area contributed by atoms with Crippen LogP contribution >= 0.6 is 11.8 Å². The molecule has 2 aromatic rings. The molecule has 138 valence electrons. The van der Waals surface area contributed by atoms with Gasteiger partial charge in [-0.05, 0) is 55.1 Å². The smallest absolute Gasteiger partial charge is 0.251 e. The monoisotopic (exact) mass is 368 g/mol. The van der Waals surface area contributed by atoms with Crippen LogP contribution < -0.4 is 5.32 Å². The van der Waals surface area contributed by atoms with Crippen molar-refractivity contribution in [1.82, 2.24) is 10.2 Å². The zero-order valence-electron chi connectivity index (χ0n) is 15.5. The maximum atomic E-state index is 12.3. The molecule has 1 saturated heterocycles. The zero-order chi connectivity index (χ0) is 18.2. The zero-order valence-corrected chi connectivity index (χ0v) is 16.3. The first-order chi connectivity index (χ1) is 12.7. The Morgan fingerprint density at radius 1 is 1.15 bits per heavy atom. The molecule has 0 bridgehead atoms. The number of hydrogen-bond donors (Lipinski definition) is 1. The molecule has 1 aliphatic rings. The van der Waals surface area contributed by atoms with Gasteiger partial charge in [0.05, 0.1) is 0 Å². The van der Waals surface area contributed by atoms with Crippen molar-refractivity contribution in [1.29, 1.82) is 0 Å². The first-order valence-electron chi connectivity index (χ1n) is 9.48. The third-order valence-electron chi connectivity index (χ3n) is 4.76. The van der Waals surface area contributed by atoms with Gasteiger partial charge in [0.1, 0.15) is 0 Å². The van der Waals surface area contributed by atoms with Crippen LogP contribution in [0.4, 0.5) is 0 Å². The lowest BCUT2D eigenvalue weighted by Crippen LogP contribution is -2.33. The summed E-state index contributed by atoms with van der Waals surface area (Å²) < 4.78 is 0. The van der Waals surface area contributed by atoms with Crippen molar-refractivity contribution >= 4 is 17.7 Å². The van der Waals surface area contributed by atoms with Crippen LogP contribution in [0.25, 0.3) is 0 Å². The van der Waals surface area contributed by atoms with Gasteiger partial charge in [-0.1, -0.05) is 37.3 Å². The molecular formula is C22H28N2OS. The molecule has 4 heteroatoms. The molecule has 0 saturated carbocycles. The Hall–Kier alpha value is -1.78. The summed E-state index contributed by atoms with van der Waals surface area (Å²) in [5.74, 6) is 1.68. The van der Waals surface area contributed by atoms with Crippen LogP contribution in [0, 0.1) is 5.92 Å². The van der Waals surface area contributed by atoms with E-state index in [-0.39, 0.29) is 5.91 Å². The summed E-state index contributed by atoms with van der Waals surface area (Å²) in [5, 5.41) is 3.01. The van der Waals surface area contributed by atoms with Crippen molar-refractivity contribution in [3.8, 4) is 0 Å². The van der Waals surface area contributed by atoms with E-state index in [4.69, 9.17) is 0 Å². The van der Waals surface area contributed by atoms with E-state index >= 15 is 0 Å². The van der Waals surface area contributed by atoms with Gasteiger partial charge >= 0.3 is 0 Å². The van der Waals surface area contributed by atoms with Crippen LogP contribution in [0.1, 0.15) is 35.7 Å². The number of hydrogen-bond acceptors (Lipinski definition) is 3. The average molecular weight is 369 g/mol. The summed E-state index contributed by atoms with van der Waals surface area (Å²) >= 11 is 1.76. The summed E-state index contributed by atoms with van der Waals surface area (Å²) in [4.78, 5) is 16.0. The van der Waals surface area contributed by atoms with Crippen LogP contribution in [0.3, 0.4) is 0 Å². The number of likely N-dealkylation sites (tertiary alicyclic amines) is 1. The molecule has 0 spiro atoms. The lowest BCUT2D eigenvalue weighted by Gasteiger charge is -2.30. The summed E-state index contributed by atoms with van der Waals surface area (Å²) in [6, 6.07) is 18.3. The van der Waals surface area contributed by atoms with E-state index in [1.807, 2.05) is 30.3 Å². The topological polar surface area (TPSA) is 32.3 Å². The molecule has 2 aromatic carbocycles. The fraction of sp³-hybridized carbons (Fsp3) is 0.409. The largest absolute Gasteiger partial charge is 0.351 e. The molecule has 1 amide bonds. The molecule has 0 radical (unpaired) electrons. The minimum absolute atomic E-state index is 0.0109. The van der Waals surface area contributed by atoms with Crippen molar-refractivity contribution in [2.75, 3.05) is 25.4 Å². The molecule has 1 N–H and O–H groups in total. The summed E-state index contributed by atoms with van der Waals surface area (Å²) in [7, 11) is 0. The van der Waals surface area contributed by atoms with Gasteiger partial charge in [0.25, 0.3) is 5.91 Å². The minimum Gasteiger partial charge on any atom is -0.351 e. The number of rotatable bonds is 7. The lowest BCUT2D eigenvalue weighted by molar-refractivity contribution is 0.0956. The number of carbonyl (C=O) groups is 1. The number of piperidine rings is 1. The second kappa shape index (κ2) is 9.79. The Labute approximate surface area is 161 Å². The van der Waals surface area contributed by atoms with Gasteiger partial charge in [0.2, 0.25) is 0 Å². The third kappa shape index (κ3) is 5.89. The highest BCUT2D eigenvalue weighted by Gasteiger charge is 2.16. The molecule has 1 heterocycles. The standard InChI is InChI=1S/C22H28N2OS/c1-18-6-5-14-24(16-18)17-19-9-11-20(12-10-19)22(25)23-13-15-26-21-7-3-2-4-8-21/h2-4,7-12,18H,5-6,13-17H2,1H3,(H,23,25). The molecule has 1 aliphatic heterocycles. The van der Waals surface area contributed by atoms with E-state index < -0.39 is 0 Å². The van der Waals surface area contributed by atoms with Gasteiger partial charge < -0.3 is 5.32 Å². The molecular weight excluding hydrogens is 340 g/mol. The van der Waals surface area contributed by atoms with E-state index in [0.717, 1.165) is 23.8 Å². The van der Waals surface area contributed by atoms with Gasteiger partial charge in [0.15, 0.2) is 0 Å². The van der Waals surface area contributed by atoms with Crippen molar-refractivity contribution in [2.45, 2.75) is 31.2 Å². The van der Waals surface area contributed by atoms with Crippen molar-refractivity contribution in [3.63, 3.8) is 0 Å². The SMILES string of the molecule is CC1CCCN(Cc2ccc(C(=O)NCCSc3ccccc3)cc2)C1. The van der Waals surface area contributed by atoms with Crippen molar-refractivity contribution < 1.29 is 4.79 Å². The van der Waals surface area contributed by atoms with E-state index in [1.165, 1.54) is 36.4 Å². The molecule has 0 aromatic heterocycles. The molecule has 1 atom stereocenters. The number of nitrogens with zero attached hydrogens (tertiary/aromatic N) is 1. The second-order valence-electron chi connectivity index (χ2n) is 7.10.